The molecule has 0 spiro atoms. The summed E-state index contributed by atoms with van der Waals surface area (Å²) in [6, 6.07) is 11.1. The fourth-order valence-electron chi connectivity index (χ4n) is 2.21. The standard InChI is InChI=1S/C14H16N2O4S/c1-21(18,19)13(7-15)12-8-16(9-12)14(17)20-10-11-5-3-2-4-6-11/h2-6,12-13H,8-10H2,1H3/t13-/m0/s1. The average Bonchev–Trinajstić information content (AvgIpc) is 2.39. The van der Waals surface area contributed by atoms with Gasteiger partial charge >= 0.3 is 6.09 Å². The number of hydrogen-bond donors (Lipinski definition) is 0. The molecule has 2 rings (SSSR count). The third kappa shape index (κ3) is 3.73. The highest BCUT2D eigenvalue weighted by Crippen LogP contribution is 2.24. The first-order chi connectivity index (χ1) is 9.91. The molecule has 0 radical (unpaired) electrons. The van der Waals surface area contributed by atoms with Gasteiger partial charge in [-0.25, -0.2) is 13.2 Å². The van der Waals surface area contributed by atoms with Crippen LogP contribution in [0.3, 0.4) is 0 Å². The molecule has 0 aromatic heterocycles. The summed E-state index contributed by atoms with van der Waals surface area (Å²) in [4.78, 5) is 13.2. The molecule has 7 heteroatoms. The van der Waals surface area contributed by atoms with E-state index in [0.717, 1.165) is 11.8 Å². The zero-order valence-electron chi connectivity index (χ0n) is 11.6. The number of nitrogens with zero attached hydrogens (tertiary/aromatic N) is 2. The Balaban J connectivity index is 1.82. The van der Waals surface area contributed by atoms with Gasteiger partial charge in [-0.15, -0.1) is 0 Å². The number of carbonyl (C=O) groups is 1. The SMILES string of the molecule is CS(=O)(=O)[C@@H](C#N)C1CN(C(=O)OCc2ccccc2)C1. The number of ether oxygens (including phenoxy) is 1. The molecular weight excluding hydrogens is 292 g/mol. The van der Waals surface area contributed by atoms with Crippen molar-refractivity contribution in [1.82, 2.24) is 4.90 Å². The van der Waals surface area contributed by atoms with Crippen molar-refractivity contribution < 1.29 is 17.9 Å². The van der Waals surface area contributed by atoms with Crippen LogP contribution in [0.2, 0.25) is 0 Å². The van der Waals surface area contributed by atoms with Gasteiger partial charge in [-0.1, -0.05) is 30.3 Å². The van der Waals surface area contributed by atoms with Gasteiger partial charge in [-0.05, 0) is 5.56 Å². The largest absolute Gasteiger partial charge is 0.445 e. The predicted octanol–water partition coefficient (Wildman–Crippen LogP) is 1.19. The molecule has 0 N–H and O–H groups in total. The van der Waals surface area contributed by atoms with Gasteiger partial charge in [0.25, 0.3) is 0 Å². The first kappa shape index (κ1) is 15.3. The predicted molar refractivity (Wildman–Crippen MR) is 75.9 cm³/mol. The second kappa shape index (κ2) is 6.14. The van der Waals surface area contributed by atoms with Crippen LogP contribution in [-0.4, -0.2) is 44.0 Å². The van der Waals surface area contributed by atoms with Crippen LogP contribution in [0.5, 0.6) is 0 Å². The molecule has 1 atom stereocenters. The molecule has 1 aromatic carbocycles. The Morgan fingerprint density at radius 1 is 1.43 bits per heavy atom. The number of rotatable bonds is 4. The summed E-state index contributed by atoms with van der Waals surface area (Å²) in [6.45, 7) is 0.645. The molecule has 0 saturated carbocycles. The Bertz CT molecular complexity index is 645. The van der Waals surface area contributed by atoms with E-state index in [1.165, 1.54) is 4.90 Å². The number of benzene rings is 1. The second-order valence-electron chi connectivity index (χ2n) is 5.08. The Hall–Kier alpha value is -2.07. The molecule has 0 bridgehead atoms. The summed E-state index contributed by atoms with van der Waals surface area (Å²) in [5.41, 5.74) is 0.883. The second-order valence-corrected chi connectivity index (χ2v) is 7.25. The van der Waals surface area contributed by atoms with Crippen molar-refractivity contribution in [2.75, 3.05) is 19.3 Å². The van der Waals surface area contributed by atoms with Crippen molar-refractivity contribution in [1.29, 1.82) is 5.26 Å². The summed E-state index contributed by atoms with van der Waals surface area (Å²) < 4.78 is 28.0. The summed E-state index contributed by atoms with van der Waals surface area (Å²) in [7, 11) is -3.42. The van der Waals surface area contributed by atoms with Gasteiger partial charge in [0, 0.05) is 25.3 Å². The molecule has 0 aliphatic carbocycles. The molecular formula is C14H16N2O4S. The molecule has 112 valence electrons. The van der Waals surface area contributed by atoms with Crippen molar-refractivity contribution >= 4 is 15.9 Å². The van der Waals surface area contributed by atoms with Gasteiger partial charge in [0.1, 0.15) is 6.61 Å². The molecule has 1 heterocycles. The van der Waals surface area contributed by atoms with Gasteiger partial charge in [-0.3, -0.25) is 0 Å². The van der Waals surface area contributed by atoms with Gasteiger partial charge in [-0.2, -0.15) is 5.26 Å². The van der Waals surface area contributed by atoms with Crippen LogP contribution in [0.15, 0.2) is 30.3 Å². The number of likely N-dealkylation sites (tertiary alicyclic amines) is 1. The molecule has 1 aliphatic rings. The van der Waals surface area contributed by atoms with Crippen LogP contribution in [0, 0.1) is 17.2 Å². The third-order valence-corrected chi connectivity index (χ3v) is 4.80. The van der Waals surface area contributed by atoms with E-state index in [-0.39, 0.29) is 25.6 Å². The maximum Gasteiger partial charge on any atom is 0.410 e. The number of hydrogen-bond acceptors (Lipinski definition) is 5. The fourth-order valence-corrected chi connectivity index (χ4v) is 3.28. The summed E-state index contributed by atoms with van der Waals surface area (Å²) >= 11 is 0. The molecule has 1 amide bonds. The molecule has 6 nitrogen and oxygen atoms in total. The van der Waals surface area contributed by atoms with E-state index in [0.29, 0.717) is 0 Å². The van der Waals surface area contributed by atoms with Crippen LogP contribution < -0.4 is 0 Å². The summed E-state index contributed by atoms with van der Waals surface area (Å²) in [5, 5.41) is 7.85. The minimum atomic E-state index is -3.42. The lowest BCUT2D eigenvalue weighted by molar-refractivity contribution is 0.0514. The van der Waals surface area contributed by atoms with Gasteiger partial charge in [0.2, 0.25) is 0 Å². The molecule has 21 heavy (non-hydrogen) atoms. The summed E-state index contributed by atoms with van der Waals surface area (Å²) in [6.07, 6.45) is 0.553. The Morgan fingerprint density at radius 2 is 2.05 bits per heavy atom. The monoisotopic (exact) mass is 308 g/mol. The van der Waals surface area contributed by atoms with E-state index < -0.39 is 21.2 Å². The van der Waals surface area contributed by atoms with Crippen molar-refractivity contribution in [3.63, 3.8) is 0 Å². The van der Waals surface area contributed by atoms with Gasteiger partial charge in [0.15, 0.2) is 15.1 Å². The van der Waals surface area contributed by atoms with Crippen LogP contribution in [0.4, 0.5) is 4.79 Å². The first-order valence-electron chi connectivity index (χ1n) is 6.46. The van der Waals surface area contributed by atoms with E-state index in [1.807, 2.05) is 30.3 Å². The van der Waals surface area contributed by atoms with Crippen LogP contribution in [0.1, 0.15) is 5.56 Å². The van der Waals surface area contributed by atoms with E-state index in [1.54, 1.807) is 6.07 Å². The lowest BCUT2D eigenvalue weighted by Gasteiger charge is -2.39. The van der Waals surface area contributed by atoms with Crippen molar-refractivity contribution in [3.05, 3.63) is 35.9 Å². The number of amides is 1. The molecule has 1 aliphatic heterocycles. The minimum absolute atomic E-state index is 0.175. The summed E-state index contributed by atoms with van der Waals surface area (Å²) in [5.74, 6) is -0.339. The Morgan fingerprint density at radius 3 is 2.57 bits per heavy atom. The number of sulfone groups is 1. The zero-order valence-corrected chi connectivity index (χ0v) is 12.4. The highest BCUT2D eigenvalue weighted by Gasteiger charge is 2.41. The van der Waals surface area contributed by atoms with Crippen molar-refractivity contribution in [3.8, 4) is 6.07 Å². The van der Waals surface area contributed by atoms with E-state index in [9.17, 15) is 13.2 Å². The first-order valence-corrected chi connectivity index (χ1v) is 8.41. The molecule has 1 fully saturated rings. The Labute approximate surface area is 123 Å². The van der Waals surface area contributed by atoms with Gasteiger partial charge < -0.3 is 9.64 Å². The van der Waals surface area contributed by atoms with E-state index in [4.69, 9.17) is 10.00 Å². The number of carbonyl (C=O) groups excluding carboxylic acids is 1. The normalized spacial score (nSPS) is 16.7. The van der Waals surface area contributed by atoms with Gasteiger partial charge in [0.05, 0.1) is 6.07 Å². The number of nitriles is 1. The highest BCUT2D eigenvalue weighted by molar-refractivity contribution is 7.91. The van der Waals surface area contributed by atoms with E-state index >= 15 is 0 Å². The smallest absolute Gasteiger partial charge is 0.410 e. The van der Waals surface area contributed by atoms with Crippen LogP contribution in [0.25, 0.3) is 0 Å². The molecule has 0 unspecified atom stereocenters. The van der Waals surface area contributed by atoms with Crippen molar-refractivity contribution in [2.45, 2.75) is 11.9 Å². The lowest BCUT2D eigenvalue weighted by Crippen LogP contribution is -2.55. The van der Waals surface area contributed by atoms with Crippen LogP contribution >= 0.6 is 0 Å². The van der Waals surface area contributed by atoms with Crippen molar-refractivity contribution in [2.24, 2.45) is 5.92 Å². The maximum atomic E-state index is 11.8. The molecule has 1 aromatic rings. The Kier molecular flexibility index (Phi) is 4.48. The third-order valence-electron chi connectivity index (χ3n) is 3.39. The quantitative estimate of drug-likeness (QED) is 0.834. The van der Waals surface area contributed by atoms with E-state index in [2.05, 4.69) is 0 Å². The highest BCUT2D eigenvalue weighted by atomic mass is 32.2. The maximum absolute atomic E-state index is 11.8. The topological polar surface area (TPSA) is 87.5 Å². The van der Waals surface area contributed by atoms with Crippen LogP contribution in [-0.2, 0) is 21.2 Å². The lowest BCUT2D eigenvalue weighted by atomic mass is 9.97. The zero-order chi connectivity index (χ0) is 15.5. The molecule has 1 saturated heterocycles. The minimum Gasteiger partial charge on any atom is -0.445 e. The fraction of sp³-hybridized carbons (Fsp3) is 0.429. The average molecular weight is 308 g/mol.